The van der Waals surface area contributed by atoms with E-state index in [2.05, 4.69) is 51.5 Å². The van der Waals surface area contributed by atoms with E-state index >= 15 is 0 Å². The summed E-state index contributed by atoms with van der Waals surface area (Å²) in [6, 6.07) is 0.436. The highest BCUT2D eigenvalue weighted by molar-refractivity contribution is 9.08. The fraction of sp³-hybridized carbons (Fsp3) is 0.846. The van der Waals surface area contributed by atoms with Crippen molar-refractivity contribution in [1.82, 2.24) is 14.8 Å². The molecule has 0 aromatic carbocycles. The molecule has 17 heavy (non-hydrogen) atoms. The van der Waals surface area contributed by atoms with E-state index in [0.717, 1.165) is 11.2 Å². The van der Waals surface area contributed by atoms with Gasteiger partial charge in [-0.15, -0.1) is 10.2 Å². The first-order valence-electron chi connectivity index (χ1n) is 6.59. The third-order valence-electron chi connectivity index (χ3n) is 3.90. The summed E-state index contributed by atoms with van der Waals surface area (Å²) in [5.74, 6) is 2.25. The summed E-state index contributed by atoms with van der Waals surface area (Å²) in [6.07, 6.45) is 6.52. The van der Waals surface area contributed by atoms with E-state index in [1.165, 1.54) is 37.9 Å². The fourth-order valence-electron chi connectivity index (χ4n) is 2.92. The summed E-state index contributed by atoms with van der Waals surface area (Å²) in [5, 5.41) is 9.61. The van der Waals surface area contributed by atoms with E-state index in [-0.39, 0.29) is 5.41 Å². The standard InChI is InChI=1S/C13H22BrN3/c1-10(2)17-11(9-14)15-16-12(17)13(3)7-5-4-6-8-13/h10H,4-9H2,1-3H3. The van der Waals surface area contributed by atoms with Crippen LogP contribution in [0.2, 0.25) is 0 Å². The summed E-state index contributed by atoms with van der Waals surface area (Å²) in [5.41, 5.74) is 0.232. The second-order valence-electron chi connectivity index (χ2n) is 5.66. The molecule has 2 rings (SSSR count). The minimum Gasteiger partial charge on any atom is -0.311 e. The van der Waals surface area contributed by atoms with E-state index in [4.69, 9.17) is 0 Å². The third kappa shape index (κ3) is 2.42. The maximum atomic E-state index is 4.49. The lowest BCUT2D eigenvalue weighted by Crippen LogP contribution is -2.30. The van der Waals surface area contributed by atoms with Crippen molar-refractivity contribution in [3.05, 3.63) is 11.6 Å². The second kappa shape index (κ2) is 5.09. The molecule has 1 saturated carbocycles. The predicted molar refractivity (Wildman–Crippen MR) is 73.5 cm³/mol. The van der Waals surface area contributed by atoms with Crippen LogP contribution in [-0.4, -0.2) is 14.8 Å². The van der Waals surface area contributed by atoms with E-state index in [0.29, 0.717) is 6.04 Å². The zero-order valence-corrected chi connectivity index (χ0v) is 12.6. The van der Waals surface area contributed by atoms with E-state index in [1.54, 1.807) is 0 Å². The molecule has 0 saturated heterocycles. The number of nitrogens with zero attached hydrogens (tertiary/aromatic N) is 3. The van der Waals surface area contributed by atoms with Crippen molar-refractivity contribution in [1.29, 1.82) is 0 Å². The Bertz CT molecular complexity index is 378. The first-order valence-corrected chi connectivity index (χ1v) is 7.71. The molecule has 1 aliphatic rings. The first kappa shape index (κ1) is 13.1. The van der Waals surface area contributed by atoms with Gasteiger partial charge in [0.15, 0.2) is 0 Å². The number of rotatable bonds is 3. The van der Waals surface area contributed by atoms with Gasteiger partial charge in [-0.05, 0) is 26.7 Å². The number of hydrogen-bond acceptors (Lipinski definition) is 2. The zero-order chi connectivity index (χ0) is 12.5. The zero-order valence-electron chi connectivity index (χ0n) is 11.0. The molecule has 3 nitrogen and oxygen atoms in total. The first-order chi connectivity index (χ1) is 8.08. The molecule has 0 bridgehead atoms. The smallest absolute Gasteiger partial charge is 0.143 e. The Kier molecular flexibility index (Phi) is 3.91. The molecule has 1 fully saturated rings. The maximum Gasteiger partial charge on any atom is 0.143 e. The highest BCUT2D eigenvalue weighted by atomic mass is 79.9. The minimum absolute atomic E-state index is 0.232. The van der Waals surface area contributed by atoms with Crippen molar-refractivity contribution < 1.29 is 0 Å². The van der Waals surface area contributed by atoms with Gasteiger partial charge in [0.25, 0.3) is 0 Å². The van der Waals surface area contributed by atoms with Crippen LogP contribution in [0.15, 0.2) is 0 Å². The van der Waals surface area contributed by atoms with Crippen molar-refractivity contribution in [3.8, 4) is 0 Å². The van der Waals surface area contributed by atoms with Gasteiger partial charge >= 0.3 is 0 Å². The summed E-state index contributed by atoms with van der Waals surface area (Å²) >= 11 is 3.51. The molecule has 96 valence electrons. The lowest BCUT2D eigenvalue weighted by atomic mass is 9.75. The van der Waals surface area contributed by atoms with Gasteiger partial charge in [-0.3, -0.25) is 0 Å². The lowest BCUT2D eigenvalue weighted by molar-refractivity contribution is 0.288. The highest BCUT2D eigenvalue weighted by Gasteiger charge is 2.34. The molecule has 1 aromatic rings. The molecule has 0 N–H and O–H groups in total. The van der Waals surface area contributed by atoms with Crippen LogP contribution in [0, 0.1) is 0 Å². The highest BCUT2D eigenvalue weighted by Crippen LogP contribution is 2.39. The van der Waals surface area contributed by atoms with Gasteiger partial charge in [0.05, 0.1) is 5.33 Å². The number of halogens is 1. The van der Waals surface area contributed by atoms with Gasteiger partial charge in [0.1, 0.15) is 11.6 Å². The second-order valence-corrected chi connectivity index (χ2v) is 6.22. The van der Waals surface area contributed by atoms with Crippen LogP contribution in [-0.2, 0) is 10.7 Å². The SMILES string of the molecule is CC(C)n1c(CBr)nnc1C1(C)CCCCC1. The molecule has 0 spiro atoms. The van der Waals surface area contributed by atoms with Gasteiger partial charge in [-0.25, -0.2) is 0 Å². The van der Waals surface area contributed by atoms with Crippen LogP contribution in [0.1, 0.15) is 70.6 Å². The Morgan fingerprint density at radius 2 is 1.88 bits per heavy atom. The van der Waals surface area contributed by atoms with Crippen molar-refractivity contribution in [2.75, 3.05) is 0 Å². The Balaban J connectivity index is 2.40. The molecule has 0 unspecified atom stereocenters. The molecule has 0 radical (unpaired) electrons. The lowest BCUT2D eigenvalue weighted by Gasteiger charge is -2.33. The van der Waals surface area contributed by atoms with Crippen LogP contribution < -0.4 is 0 Å². The molecular formula is C13H22BrN3. The minimum atomic E-state index is 0.232. The molecule has 0 aliphatic heterocycles. The Morgan fingerprint density at radius 3 is 2.41 bits per heavy atom. The van der Waals surface area contributed by atoms with Gasteiger partial charge in [-0.2, -0.15) is 0 Å². The van der Waals surface area contributed by atoms with E-state index < -0.39 is 0 Å². The van der Waals surface area contributed by atoms with Gasteiger partial charge < -0.3 is 4.57 Å². The van der Waals surface area contributed by atoms with Crippen LogP contribution in [0.4, 0.5) is 0 Å². The Morgan fingerprint density at radius 1 is 1.24 bits per heavy atom. The molecule has 4 heteroatoms. The van der Waals surface area contributed by atoms with Gasteiger partial charge in [0.2, 0.25) is 0 Å². The molecular weight excluding hydrogens is 278 g/mol. The van der Waals surface area contributed by atoms with E-state index in [9.17, 15) is 0 Å². The Labute approximate surface area is 112 Å². The van der Waals surface area contributed by atoms with Gasteiger partial charge in [-0.1, -0.05) is 42.1 Å². The van der Waals surface area contributed by atoms with Crippen LogP contribution >= 0.6 is 15.9 Å². The van der Waals surface area contributed by atoms with Crippen molar-refractivity contribution in [2.24, 2.45) is 0 Å². The van der Waals surface area contributed by atoms with Crippen LogP contribution in [0.3, 0.4) is 0 Å². The van der Waals surface area contributed by atoms with Crippen LogP contribution in [0.5, 0.6) is 0 Å². The summed E-state index contributed by atoms with van der Waals surface area (Å²) in [4.78, 5) is 0. The normalized spacial score (nSPS) is 19.8. The number of alkyl halides is 1. The average molecular weight is 300 g/mol. The molecule has 1 aliphatic carbocycles. The quantitative estimate of drug-likeness (QED) is 0.791. The summed E-state index contributed by atoms with van der Waals surface area (Å²) in [6.45, 7) is 6.78. The predicted octanol–water partition coefficient (Wildman–Crippen LogP) is 3.98. The molecule has 1 aromatic heterocycles. The fourth-order valence-corrected chi connectivity index (χ4v) is 3.31. The number of aromatic nitrogens is 3. The summed E-state index contributed by atoms with van der Waals surface area (Å²) in [7, 11) is 0. The van der Waals surface area contributed by atoms with Crippen molar-refractivity contribution in [3.63, 3.8) is 0 Å². The summed E-state index contributed by atoms with van der Waals surface area (Å²) < 4.78 is 2.32. The third-order valence-corrected chi connectivity index (χ3v) is 4.40. The Hall–Kier alpha value is -0.380. The number of hydrogen-bond donors (Lipinski definition) is 0. The monoisotopic (exact) mass is 299 g/mol. The topological polar surface area (TPSA) is 30.7 Å². The largest absolute Gasteiger partial charge is 0.311 e. The van der Waals surface area contributed by atoms with E-state index in [1.807, 2.05) is 0 Å². The average Bonchev–Trinajstić information content (AvgIpc) is 2.74. The molecule has 0 atom stereocenters. The van der Waals surface area contributed by atoms with Crippen LogP contribution in [0.25, 0.3) is 0 Å². The van der Waals surface area contributed by atoms with Crippen molar-refractivity contribution in [2.45, 2.75) is 69.7 Å². The molecule has 0 amide bonds. The molecule has 1 heterocycles. The maximum absolute atomic E-state index is 4.49. The van der Waals surface area contributed by atoms with Gasteiger partial charge in [0, 0.05) is 11.5 Å². The van der Waals surface area contributed by atoms with Crippen molar-refractivity contribution >= 4 is 15.9 Å².